The Morgan fingerprint density at radius 2 is 1.60 bits per heavy atom. The molecule has 1 aliphatic carbocycles. The Kier molecular flexibility index (Phi) is 2.66. The second-order valence-corrected chi connectivity index (χ2v) is 3.63. The van der Waals surface area contributed by atoms with E-state index < -0.39 is 5.00 Å². The van der Waals surface area contributed by atoms with Gasteiger partial charge in [0.05, 0.1) is 0 Å². The van der Waals surface area contributed by atoms with Gasteiger partial charge < -0.3 is 0 Å². The van der Waals surface area contributed by atoms with E-state index >= 15 is 0 Å². The van der Waals surface area contributed by atoms with E-state index in [1.165, 1.54) is 12.8 Å². The molecule has 0 atom stereocenters. The van der Waals surface area contributed by atoms with Gasteiger partial charge in [-0.15, -0.1) is 4.91 Å². The van der Waals surface area contributed by atoms with Crippen molar-refractivity contribution in [2.45, 2.75) is 43.5 Å². The van der Waals surface area contributed by atoms with Crippen molar-refractivity contribution in [3.05, 3.63) is 4.91 Å². The van der Waals surface area contributed by atoms with Crippen molar-refractivity contribution in [2.24, 2.45) is 5.18 Å². The number of halogens is 1. The average Bonchev–Trinajstić information content (AvgIpc) is 2.15. The zero-order valence-electron chi connectivity index (χ0n) is 5.98. The summed E-state index contributed by atoms with van der Waals surface area (Å²) in [6.07, 6.45) is 6.02. The van der Waals surface area contributed by atoms with E-state index in [9.17, 15) is 4.91 Å². The molecule has 58 valence electrons. The third-order valence-electron chi connectivity index (χ3n) is 2.03. The summed E-state index contributed by atoms with van der Waals surface area (Å²) < 4.78 is 0. The summed E-state index contributed by atoms with van der Waals surface area (Å²) in [6.45, 7) is 0. The van der Waals surface area contributed by atoms with Gasteiger partial charge in [-0.25, -0.2) is 0 Å². The van der Waals surface area contributed by atoms with Crippen LogP contribution in [-0.2, 0) is 0 Å². The standard InChI is InChI=1S/C7H12ClNO/c8-7(9-10)5-3-1-2-4-6-7/h1-6H2. The molecular weight excluding hydrogens is 150 g/mol. The van der Waals surface area contributed by atoms with Gasteiger partial charge in [-0.05, 0) is 30.9 Å². The fourth-order valence-electron chi connectivity index (χ4n) is 1.36. The summed E-state index contributed by atoms with van der Waals surface area (Å²) in [5.41, 5.74) is 0. The van der Waals surface area contributed by atoms with Crippen molar-refractivity contribution in [1.29, 1.82) is 0 Å². The van der Waals surface area contributed by atoms with Crippen molar-refractivity contribution in [2.75, 3.05) is 0 Å². The van der Waals surface area contributed by atoms with E-state index in [4.69, 9.17) is 11.6 Å². The Morgan fingerprint density at radius 3 is 2.00 bits per heavy atom. The zero-order valence-corrected chi connectivity index (χ0v) is 6.73. The van der Waals surface area contributed by atoms with Crippen molar-refractivity contribution < 1.29 is 0 Å². The van der Waals surface area contributed by atoms with E-state index in [0.717, 1.165) is 25.7 Å². The number of hydrogen-bond donors (Lipinski definition) is 0. The van der Waals surface area contributed by atoms with Crippen LogP contribution in [0.1, 0.15) is 38.5 Å². The van der Waals surface area contributed by atoms with Gasteiger partial charge in [0.2, 0.25) is 0 Å². The lowest BCUT2D eigenvalue weighted by Crippen LogP contribution is -2.15. The van der Waals surface area contributed by atoms with Crippen LogP contribution in [0.25, 0.3) is 0 Å². The molecule has 0 spiro atoms. The van der Waals surface area contributed by atoms with E-state index in [-0.39, 0.29) is 0 Å². The highest BCUT2D eigenvalue weighted by Gasteiger charge is 2.28. The van der Waals surface area contributed by atoms with Crippen LogP contribution in [0.2, 0.25) is 0 Å². The molecule has 1 saturated carbocycles. The van der Waals surface area contributed by atoms with E-state index in [0.29, 0.717) is 0 Å². The highest BCUT2D eigenvalue weighted by atomic mass is 35.5. The SMILES string of the molecule is O=NC1(Cl)CCCCCC1. The number of nitrogens with zero attached hydrogens (tertiary/aromatic N) is 1. The van der Waals surface area contributed by atoms with Gasteiger partial charge in [-0.2, -0.15) is 0 Å². The summed E-state index contributed by atoms with van der Waals surface area (Å²) in [5.74, 6) is 0. The zero-order chi connectivity index (χ0) is 7.45. The van der Waals surface area contributed by atoms with Crippen molar-refractivity contribution in [3.63, 3.8) is 0 Å². The predicted molar refractivity (Wildman–Crippen MR) is 42.1 cm³/mol. The van der Waals surface area contributed by atoms with Gasteiger partial charge in [0.1, 0.15) is 0 Å². The molecule has 0 aromatic heterocycles. The van der Waals surface area contributed by atoms with E-state index in [1.54, 1.807) is 0 Å². The van der Waals surface area contributed by atoms with E-state index in [1.807, 2.05) is 0 Å². The maximum absolute atomic E-state index is 10.3. The first kappa shape index (κ1) is 7.99. The molecular formula is C7H12ClNO. The maximum atomic E-state index is 10.3. The van der Waals surface area contributed by atoms with E-state index in [2.05, 4.69) is 5.18 Å². The normalized spacial score (nSPS) is 25.3. The molecule has 10 heavy (non-hydrogen) atoms. The quantitative estimate of drug-likeness (QED) is 0.252. The lowest BCUT2D eigenvalue weighted by atomic mass is 10.1. The summed E-state index contributed by atoms with van der Waals surface area (Å²) in [6, 6.07) is 0. The second kappa shape index (κ2) is 3.33. The monoisotopic (exact) mass is 161 g/mol. The molecule has 0 aromatic rings. The van der Waals surface area contributed by atoms with Crippen molar-refractivity contribution in [1.82, 2.24) is 0 Å². The molecule has 3 heteroatoms. The van der Waals surface area contributed by atoms with Crippen LogP contribution >= 0.6 is 11.6 Å². The topological polar surface area (TPSA) is 29.4 Å². The molecule has 0 aliphatic heterocycles. The van der Waals surface area contributed by atoms with Gasteiger partial charge in [-0.3, -0.25) is 0 Å². The van der Waals surface area contributed by atoms with Crippen molar-refractivity contribution in [3.8, 4) is 0 Å². The van der Waals surface area contributed by atoms with Crippen LogP contribution in [-0.4, -0.2) is 5.00 Å². The third kappa shape index (κ3) is 1.94. The number of hydrogen-bond acceptors (Lipinski definition) is 2. The molecule has 2 nitrogen and oxygen atoms in total. The summed E-state index contributed by atoms with van der Waals surface area (Å²) >= 11 is 5.88. The summed E-state index contributed by atoms with van der Waals surface area (Å²) in [7, 11) is 0. The van der Waals surface area contributed by atoms with Crippen LogP contribution in [0, 0.1) is 4.91 Å². The molecule has 0 aromatic carbocycles. The molecule has 1 rings (SSSR count). The van der Waals surface area contributed by atoms with Gasteiger partial charge in [0.25, 0.3) is 0 Å². The Labute approximate surface area is 65.9 Å². The fraction of sp³-hybridized carbons (Fsp3) is 1.00. The Hall–Kier alpha value is -0.110. The molecule has 1 aliphatic rings. The average molecular weight is 162 g/mol. The largest absolute Gasteiger partial charge is 0.175 e. The van der Waals surface area contributed by atoms with Crippen LogP contribution in [0.5, 0.6) is 0 Å². The summed E-state index contributed by atoms with van der Waals surface area (Å²) in [4.78, 5) is 9.50. The van der Waals surface area contributed by atoms with Gasteiger partial charge in [0, 0.05) is 0 Å². The predicted octanol–water partition coefficient (Wildman–Crippen LogP) is 3.04. The van der Waals surface area contributed by atoms with Crippen LogP contribution in [0.3, 0.4) is 0 Å². The maximum Gasteiger partial charge on any atom is 0.175 e. The van der Waals surface area contributed by atoms with Crippen molar-refractivity contribution >= 4 is 11.6 Å². The first-order valence-corrected chi connectivity index (χ1v) is 4.18. The summed E-state index contributed by atoms with van der Waals surface area (Å²) in [5, 5.41) is 2.95. The fourth-order valence-corrected chi connectivity index (χ4v) is 1.63. The minimum Gasteiger partial charge on any atom is -0.149 e. The van der Waals surface area contributed by atoms with Crippen LogP contribution in [0.15, 0.2) is 5.18 Å². The first-order valence-electron chi connectivity index (χ1n) is 3.80. The Morgan fingerprint density at radius 1 is 1.10 bits per heavy atom. The second-order valence-electron chi connectivity index (χ2n) is 2.92. The first-order chi connectivity index (χ1) is 4.77. The molecule has 0 radical (unpaired) electrons. The molecule has 0 heterocycles. The molecule has 0 bridgehead atoms. The smallest absolute Gasteiger partial charge is 0.149 e. The van der Waals surface area contributed by atoms with Crippen LogP contribution < -0.4 is 0 Å². The highest BCUT2D eigenvalue weighted by molar-refractivity contribution is 6.23. The van der Waals surface area contributed by atoms with Gasteiger partial charge in [-0.1, -0.05) is 24.4 Å². The lowest BCUT2D eigenvalue weighted by Gasteiger charge is -2.14. The third-order valence-corrected chi connectivity index (χ3v) is 2.48. The highest BCUT2D eigenvalue weighted by Crippen LogP contribution is 2.33. The minimum absolute atomic E-state index is 0.753. The molecule has 0 unspecified atom stereocenters. The van der Waals surface area contributed by atoms with Gasteiger partial charge in [0.15, 0.2) is 5.00 Å². The molecule has 1 fully saturated rings. The number of alkyl halides is 1. The lowest BCUT2D eigenvalue weighted by molar-refractivity contribution is 0.519. The number of rotatable bonds is 1. The molecule has 0 amide bonds. The van der Waals surface area contributed by atoms with Crippen LogP contribution in [0.4, 0.5) is 0 Å². The number of nitroso groups, excluding NO2 is 1. The minimum atomic E-state index is -0.753. The Bertz CT molecular complexity index is 119. The van der Waals surface area contributed by atoms with Gasteiger partial charge >= 0.3 is 0 Å². The Balaban J connectivity index is 2.48. The molecule has 0 saturated heterocycles. The molecule has 0 N–H and O–H groups in total.